The fourth-order valence-electron chi connectivity index (χ4n) is 3.00. The Hall–Kier alpha value is -2.41. The number of Topliss-reactive ketones (excluding diaryl/α,β-unsaturated/α-hetero) is 1. The first kappa shape index (κ1) is 20.8. The van der Waals surface area contributed by atoms with Crippen LogP contribution in [0.3, 0.4) is 0 Å². The molecule has 4 rings (SSSR count). The molecule has 0 saturated heterocycles. The van der Waals surface area contributed by atoms with Gasteiger partial charge in [0, 0.05) is 15.6 Å². The second-order valence-corrected chi connectivity index (χ2v) is 8.84. The van der Waals surface area contributed by atoms with E-state index in [4.69, 9.17) is 11.6 Å². The Morgan fingerprint density at radius 2 is 1.63 bits per heavy atom. The molecule has 150 valence electrons. The van der Waals surface area contributed by atoms with Gasteiger partial charge in [-0.3, -0.25) is 9.36 Å². The molecule has 4 aromatic rings. The van der Waals surface area contributed by atoms with Crippen molar-refractivity contribution in [3.05, 3.63) is 99.5 Å². The number of hydrogen-bond acceptors (Lipinski definition) is 4. The maximum atomic E-state index is 12.6. The van der Waals surface area contributed by atoms with Gasteiger partial charge in [-0.15, -0.1) is 10.2 Å². The summed E-state index contributed by atoms with van der Waals surface area (Å²) in [6.07, 6.45) is 0. The number of aromatic nitrogens is 3. The molecule has 4 nitrogen and oxygen atoms in total. The van der Waals surface area contributed by atoms with E-state index in [1.807, 2.05) is 71.3 Å². The van der Waals surface area contributed by atoms with Crippen LogP contribution in [-0.4, -0.2) is 26.3 Å². The minimum Gasteiger partial charge on any atom is -0.297 e. The summed E-state index contributed by atoms with van der Waals surface area (Å²) >= 11 is 11.2. The molecule has 0 unspecified atom stereocenters. The topological polar surface area (TPSA) is 47.8 Å². The lowest BCUT2D eigenvalue weighted by Crippen LogP contribution is -2.07. The predicted molar refractivity (Wildman–Crippen MR) is 125 cm³/mol. The van der Waals surface area contributed by atoms with E-state index in [1.165, 1.54) is 11.8 Å². The van der Waals surface area contributed by atoms with Crippen LogP contribution in [0.2, 0.25) is 5.02 Å². The van der Waals surface area contributed by atoms with Gasteiger partial charge in [0.05, 0.1) is 17.3 Å². The zero-order chi connectivity index (χ0) is 20.9. The van der Waals surface area contributed by atoms with E-state index in [0.29, 0.717) is 28.1 Å². The Morgan fingerprint density at radius 3 is 2.37 bits per heavy atom. The molecular formula is C23H17BrClN3OS. The maximum Gasteiger partial charge on any atom is 0.192 e. The molecule has 0 spiro atoms. The molecule has 0 atom stereocenters. The van der Waals surface area contributed by atoms with Crippen molar-refractivity contribution in [1.29, 1.82) is 0 Å². The molecule has 7 heteroatoms. The van der Waals surface area contributed by atoms with Crippen LogP contribution in [0.25, 0.3) is 11.4 Å². The Bertz CT molecular complexity index is 1160. The second-order valence-electron chi connectivity index (χ2n) is 6.58. The van der Waals surface area contributed by atoms with E-state index in [-0.39, 0.29) is 11.5 Å². The number of carbonyl (C=O) groups excluding carboxylic acids is 1. The third-order valence-corrected chi connectivity index (χ3v) is 6.34. The van der Waals surface area contributed by atoms with Crippen molar-refractivity contribution >= 4 is 45.1 Å². The normalized spacial score (nSPS) is 10.9. The van der Waals surface area contributed by atoms with Gasteiger partial charge in [0.2, 0.25) is 0 Å². The van der Waals surface area contributed by atoms with Gasteiger partial charge < -0.3 is 0 Å². The number of halogens is 2. The third-order valence-electron chi connectivity index (χ3n) is 4.51. The minimum atomic E-state index is 0.0426. The molecule has 3 aromatic carbocycles. The quantitative estimate of drug-likeness (QED) is 0.219. The van der Waals surface area contributed by atoms with E-state index in [9.17, 15) is 4.79 Å². The average molecular weight is 499 g/mol. The highest BCUT2D eigenvalue weighted by molar-refractivity contribution is 9.10. The van der Waals surface area contributed by atoms with Crippen LogP contribution < -0.4 is 0 Å². The van der Waals surface area contributed by atoms with Crippen LogP contribution in [0.4, 0.5) is 0 Å². The van der Waals surface area contributed by atoms with Crippen LogP contribution in [0.15, 0.2) is 88.5 Å². The van der Waals surface area contributed by atoms with Crippen molar-refractivity contribution in [2.45, 2.75) is 11.7 Å². The number of carbonyl (C=O) groups is 1. The lowest BCUT2D eigenvalue weighted by atomic mass is 10.2. The smallest absolute Gasteiger partial charge is 0.192 e. The van der Waals surface area contributed by atoms with E-state index in [1.54, 1.807) is 0 Å². The Morgan fingerprint density at radius 1 is 0.933 bits per heavy atom. The highest BCUT2D eigenvalue weighted by atomic mass is 79.9. The summed E-state index contributed by atoms with van der Waals surface area (Å²) in [5, 5.41) is 10.1. The Kier molecular flexibility index (Phi) is 6.67. The number of hydrogen-bond donors (Lipinski definition) is 0. The van der Waals surface area contributed by atoms with Crippen LogP contribution in [0.5, 0.6) is 0 Å². The molecule has 0 fully saturated rings. The first-order valence-corrected chi connectivity index (χ1v) is 11.4. The minimum absolute atomic E-state index is 0.0426. The molecule has 0 N–H and O–H groups in total. The summed E-state index contributed by atoms with van der Waals surface area (Å²) in [5.41, 5.74) is 2.60. The van der Waals surface area contributed by atoms with Crippen molar-refractivity contribution < 1.29 is 4.79 Å². The van der Waals surface area contributed by atoms with Crippen molar-refractivity contribution in [3.63, 3.8) is 0 Å². The molecule has 30 heavy (non-hydrogen) atoms. The summed E-state index contributed by atoms with van der Waals surface area (Å²) < 4.78 is 2.95. The molecule has 1 heterocycles. The maximum absolute atomic E-state index is 12.6. The van der Waals surface area contributed by atoms with Crippen molar-refractivity contribution in [2.75, 3.05) is 5.75 Å². The summed E-state index contributed by atoms with van der Waals surface area (Å²) in [7, 11) is 0. The van der Waals surface area contributed by atoms with Crippen LogP contribution in [0, 0.1) is 0 Å². The first-order chi connectivity index (χ1) is 14.6. The Labute approximate surface area is 192 Å². The van der Waals surface area contributed by atoms with E-state index in [2.05, 4.69) is 38.3 Å². The third kappa shape index (κ3) is 4.83. The second kappa shape index (κ2) is 9.60. The summed E-state index contributed by atoms with van der Waals surface area (Å²) in [6.45, 7) is 0.587. The fraction of sp³-hybridized carbons (Fsp3) is 0.0870. The largest absolute Gasteiger partial charge is 0.297 e. The molecule has 0 saturated carbocycles. The Balaban J connectivity index is 1.63. The molecule has 0 aliphatic carbocycles. The number of ketones is 1. The molecule has 0 aliphatic heterocycles. The zero-order valence-electron chi connectivity index (χ0n) is 15.8. The van der Waals surface area contributed by atoms with E-state index < -0.39 is 0 Å². The highest BCUT2D eigenvalue weighted by Crippen LogP contribution is 2.30. The van der Waals surface area contributed by atoms with Crippen LogP contribution in [0.1, 0.15) is 15.9 Å². The van der Waals surface area contributed by atoms with Gasteiger partial charge in [-0.1, -0.05) is 93.9 Å². The summed E-state index contributed by atoms with van der Waals surface area (Å²) in [5.74, 6) is 1.00. The van der Waals surface area contributed by atoms with Crippen molar-refractivity contribution in [1.82, 2.24) is 14.8 Å². The van der Waals surface area contributed by atoms with E-state index in [0.717, 1.165) is 15.6 Å². The van der Waals surface area contributed by atoms with Gasteiger partial charge >= 0.3 is 0 Å². The van der Waals surface area contributed by atoms with Crippen LogP contribution >= 0.6 is 39.3 Å². The number of rotatable bonds is 7. The number of nitrogens with zero attached hydrogens (tertiary/aromatic N) is 3. The lowest BCUT2D eigenvalue weighted by molar-refractivity contribution is 0.102. The van der Waals surface area contributed by atoms with Gasteiger partial charge in [0.15, 0.2) is 16.8 Å². The van der Waals surface area contributed by atoms with Crippen molar-refractivity contribution in [2.24, 2.45) is 0 Å². The first-order valence-electron chi connectivity index (χ1n) is 9.25. The molecule has 0 aliphatic rings. The van der Waals surface area contributed by atoms with Gasteiger partial charge in [-0.25, -0.2) is 0 Å². The number of benzene rings is 3. The lowest BCUT2D eigenvalue weighted by Gasteiger charge is -2.11. The average Bonchev–Trinajstić information content (AvgIpc) is 3.15. The molecule has 1 aromatic heterocycles. The zero-order valence-corrected chi connectivity index (χ0v) is 19.0. The highest BCUT2D eigenvalue weighted by Gasteiger charge is 2.18. The monoisotopic (exact) mass is 497 g/mol. The van der Waals surface area contributed by atoms with E-state index >= 15 is 0 Å². The molecule has 0 amide bonds. The fourth-order valence-corrected chi connectivity index (χ4v) is 4.31. The summed E-state index contributed by atoms with van der Waals surface area (Å²) in [6, 6.07) is 25.0. The summed E-state index contributed by atoms with van der Waals surface area (Å²) in [4.78, 5) is 12.6. The molecule has 0 bridgehead atoms. The van der Waals surface area contributed by atoms with Gasteiger partial charge in [0.25, 0.3) is 0 Å². The van der Waals surface area contributed by atoms with Crippen LogP contribution in [-0.2, 0) is 6.54 Å². The van der Waals surface area contributed by atoms with Gasteiger partial charge in [-0.2, -0.15) is 0 Å². The SMILES string of the molecule is O=C(CSc1nnc(-c2ccccc2Cl)n1Cc1ccccc1)c1ccc(Br)cc1. The predicted octanol–water partition coefficient (Wildman–Crippen LogP) is 6.38. The van der Waals surface area contributed by atoms with Crippen molar-refractivity contribution in [3.8, 4) is 11.4 Å². The van der Waals surface area contributed by atoms with Gasteiger partial charge in [0.1, 0.15) is 0 Å². The molecular weight excluding hydrogens is 482 g/mol. The number of thioether (sulfide) groups is 1. The van der Waals surface area contributed by atoms with Gasteiger partial charge in [-0.05, 0) is 29.8 Å². The standard InChI is InChI=1S/C23H17BrClN3OS/c24-18-12-10-17(11-13-18)21(29)15-30-23-27-26-22(19-8-4-5-9-20(19)25)28(23)14-16-6-2-1-3-7-16/h1-13H,14-15H2. The molecule has 0 radical (unpaired) electrons.